The zero-order chi connectivity index (χ0) is 18.6. The van der Waals surface area contributed by atoms with Gasteiger partial charge in [-0.2, -0.15) is 5.10 Å². The molecule has 0 spiro atoms. The molecule has 0 N–H and O–H groups in total. The van der Waals surface area contributed by atoms with Crippen molar-refractivity contribution in [1.29, 1.82) is 0 Å². The van der Waals surface area contributed by atoms with Gasteiger partial charge in [0, 0.05) is 16.8 Å². The van der Waals surface area contributed by atoms with Gasteiger partial charge >= 0.3 is 0 Å². The Balaban J connectivity index is 1.49. The van der Waals surface area contributed by atoms with Crippen LogP contribution in [0.15, 0.2) is 85.1 Å². The molecule has 0 atom stereocenters. The van der Waals surface area contributed by atoms with E-state index in [1.54, 1.807) is 0 Å². The predicted molar refractivity (Wildman–Crippen MR) is 110 cm³/mol. The summed E-state index contributed by atoms with van der Waals surface area (Å²) in [4.78, 5) is 0. The molecule has 0 aliphatic rings. The topological polar surface area (TPSA) is 27.1 Å². The molecule has 134 valence electrons. The Bertz CT molecular complexity index is 1020. The monoisotopic (exact) mass is 374 g/mol. The molecular formula is C23H19ClN2O. The molecular weight excluding hydrogens is 356 g/mol. The van der Waals surface area contributed by atoms with E-state index in [0.29, 0.717) is 6.61 Å². The Morgan fingerprint density at radius 2 is 1.59 bits per heavy atom. The van der Waals surface area contributed by atoms with Crippen LogP contribution in [0.3, 0.4) is 0 Å². The van der Waals surface area contributed by atoms with Crippen molar-refractivity contribution >= 4 is 11.6 Å². The summed E-state index contributed by atoms with van der Waals surface area (Å²) in [7, 11) is 0. The van der Waals surface area contributed by atoms with E-state index < -0.39 is 0 Å². The van der Waals surface area contributed by atoms with E-state index in [4.69, 9.17) is 21.4 Å². The molecule has 3 nitrogen and oxygen atoms in total. The van der Waals surface area contributed by atoms with Crippen LogP contribution in [0.25, 0.3) is 16.9 Å². The van der Waals surface area contributed by atoms with Gasteiger partial charge in [-0.1, -0.05) is 41.9 Å². The van der Waals surface area contributed by atoms with Crippen LogP contribution >= 0.6 is 11.6 Å². The van der Waals surface area contributed by atoms with Gasteiger partial charge in [0.2, 0.25) is 0 Å². The lowest BCUT2D eigenvalue weighted by Crippen LogP contribution is -1.95. The van der Waals surface area contributed by atoms with Crippen molar-refractivity contribution in [3.8, 4) is 22.7 Å². The van der Waals surface area contributed by atoms with Gasteiger partial charge in [-0.3, -0.25) is 0 Å². The summed E-state index contributed by atoms with van der Waals surface area (Å²) >= 11 is 5.91. The maximum Gasteiger partial charge on any atom is 0.119 e. The molecule has 0 saturated heterocycles. The van der Waals surface area contributed by atoms with Gasteiger partial charge in [0.1, 0.15) is 12.4 Å². The smallest absolute Gasteiger partial charge is 0.119 e. The lowest BCUT2D eigenvalue weighted by atomic mass is 10.1. The van der Waals surface area contributed by atoms with Crippen LogP contribution in [-0.2, 0) is 6.61 Å². The summed E-state index contributed by atoms with van der Waals surface area (Å²) in [5, 5.41) is 5.48. The maximum absolute atomic E-state index is 5.91. The number of nitrogens with zero attached hydrogens (tertiary/aromatic N) is 2. The molecule has 0 bridgehead atoms. The summed E-state index contributed by atoms with van der Waals surface area (Å²) < 4.78 is 7.77. The fourth-order valence-electron chi connectivity index (χ4n) is 2.91. The van der Waals surface area contributed by atoms with Gasteiger partial charge in [0.25, 0.3) is 0 Å². The Morgan fingerprint density at radius 3 is 2.30 bits per heavy atom. The molecule has 0 amide bonds. The second-order valence-corrected chi connectivity index (χ2v) is 6.82. The van der Waals surface area contributed by atoms with Gasteiger partial charge in [-0.05, 0) is 66.6 Å². The molecule has 0 fully saturated rings. The first kappa shape index (κ1) is 17.4. The average molecular weight is 375 g/mol. The van der Waals surface area contributed by atoms with E-state index in [9.17, 15) is 0 Å². The number of aromatic nitrogens is 2. The van der Waals surface area contributed by atoms with E-state index in [1.807, 2.05) is 83.5 Å². The molecule has 0 radical (unpaired) electrons. The highest BCUT2D eigenvalue weighted by Crippen LogP contribution is 2.25. The number of ether oxygens (including phenoxy) is 1. The quantitative estimate of drug-likeness (QED) is 0.423. The molecule has 0 unspecified atom stereocenters. The van der Waals surface area contributed by atoms with Gasteiger partial charge < -0.3 is 4.74 Å². The van der Waals surface area contributed by atoms with E-state index in [-0.39, 0.29) is 0 Å². The van der Waals surface area contributed by atoms with E-state index in [2.05, 4.69) is 13.1 Å². The molecule has 0 aliphatic heterocycles. The Morgan fingerprint density at radius 1 is 0.889 bits per heavy atom. The summed E-state index contributed by atoms with van der Waals surface area (Å²) in [6, 6.07) is 25.8. The molecule has 27 heavy (non-hydrogen) atoms. The maximum atomic E-state index is 5.91. The molecule has 1 aromatic heterocycles. The zero-order valence-corrected chi connectivity index (χ0v) is 15.7. The molecule has 1 heterocycles. The van der Waals surface area contributed by atoms with Crippen LogP contribution in [0.4, 0.5) is 0 Å². The summed E-state index contributed by atoms with van der Waals surface area (Å²) in [5.41, 5.74) is 5.31. The Labute approximate surface area is 163 Å². The fourth-order valence-corrected chi connectivity index (χ4v) is 3.04. The lowest BCUT2D eigenvalue weighted by Gasteiger charge is -2.07. The van der Waals surface area contributed by atoms with Crippen molar-refractivity contribution in [2.45, 2.75) is 13.5 Å². The number of benzene rings is 3. The third-order valence-corrected chi connectivity index (χ3v) is 4.62. The minimum Gasteiger partial charge on any atom is -0.489 e. The van der Waals surface area contributed by atoms with Crippen LogP contribution in [0.1, 0.15) is 11.1 Å². The van der Waals surface area contributed by atoms with Crippen molar-refractivity contribution in [3.05, 3.63) is 101 Å². The fraction of sp³-hybridized carbons (Fsp3) is 0.0870. The third kappa shape index (κ3) is 4.04. The lowest BCUT2D eigenvalue weighted by molar-refractivity contribution is 0.306. The van der Waals surface area contributed by atoms with Gasteiger partial charge in [0.15, 0.2) is 0 Å². The van der Waals surface area contributed by atoms with Crippen LogP contribution < -0.4 is 4.74 Å². The van der Waals surface area contributed by atoms with Crippen molar-refractivity contribution in [1.82, 2.24) is 9.78 Å². The minimum absolute atomic E-state index is 0.512. The summed E-state index contributed by atoms with van der Waals surface area (Å²) in [6.45, 7) is 2.59. The van der Waals surface area contributed by atoms with Crippen LogP contribution in [0.2, 0.25) is 5.02 Å². The number of para-hydroxylation sites is 1. The van der Waals surface area contributed by atoms with Crippen molar-refractivity contribution in [3.63, 3.8) is 0 Å². The highest BCUT2D eigenvalue weighted by atomic mass is 35.5. The molecule has 4 heteroatoms. The first-order chi connectivity index (χ1) is 13.2. The van der Waals surface area contributed by atoms with Gasteiger partial charge in [0.05, 0.1) is 11.4 Å². The van der Waals surface area contributed by atoms with Gasteiger partial charge in [-0.25, -0.2) is 4.68 Å². The highest BCUT2D eigenvalue weighted by molar-refractivity contribution is 6.30. The zero-order valence-electron chi connectivity index (χ0n) is 15.0. The number of rotatable bonds is 5. The van der Waals surface area contributed by atoms with Crippen LogP contribution in [-0.4, -0.2) is 9.78 Å². The van der Waals surface area contributed by atoms with Crippen molar-refractivity contribution < 1.29 is 4.74 Å². The first-order valence-corrected chi connectivity index (χ1v) is 9.16. The standard InChI is InChI=1S/C23H19ClN2O/c1-17-15-26(21-5-3-2-4-6-21)25-23(17)19-9-13-22(14-10-19)27-16-18-7-11-20(24)12-8-18/h2-15H,16H2,1H3. The number of halogens is 1. The molecule has 0 saturated carbocycles. The number of hydrogen-bond donors (Lipinski definition) is 0. The first-order valence-electron chi connectivity index (χ1n) is 8.78. The van der Waals surface area contributed by atoms with E-state index in [1.165, 1.54) is 0 Å². The normalized spacial score (nSPS) is 10.7. The Hall–Kier alpha value is -3.04. The molecule has 0 aliphatic carbocycles. The summed E-state index contributed by atoms with van der Waals surface area (Å²) in [5.74, 6) is 0.828. The van der Waals surface area contributed by atoms with Crippen molar-refractivity contribution in [2.24, 2.45) is 0 Å². The molecule has 4 rings (SSSR count). The van der Waals surface area contributed by atoms with Crippen LogP contribution in [0, 0.1) is 6.92 Å². The van der Waals surface area contributed by atoms with Crippen molar-refractivity contribution in [2.75, 3.05) is 0 Å². The second kappa shape index (κ2) is 7.68. The largest absolute Gasteiger partial charge is 0.489 e. The second-order valence-electron chi connectivity index (χ2n) is 6.38. The van der Waals surface area contributed by atoms with Crippen LogP contribution in [0.5, 0.6) is 5.75 Å². The van der Waals surface area contributed by atoms with Gasteiger partial charge in [-0.15, -0.1) is 0 Å². The van der Waals surface area contributed by atoms with E-state index in [0.717, 1.165) is 38.8 Å². The minimum atomic E-state index is 0.512. The average Bonchev–Trinajstić information content (AvgIpc) is 3.10. The Kier molecular flexibility index (Phi) is 4.95. The molecule has 3 aromatic carbocycles. The number of aryl methyl sites for hydroxylation is 1. The number of hydrogen-bond acceptors (Lipinski definition) is 2. The molecule has 4 aromatic rings. The van der Waals surface area contributed by atoms with E-state index >= 15 is 0 Å². The summed E-state index contributed by atoms with van der Waals surface area (Å²) in [6.07, 6.45) is 2.05. The predicted octanol–water partition coefficient (Wildman–Crippen LogP) is 6.08. The SMILES string of the molecule is Cc1cn(-c2ccccc2)nc1-c1ccc(OCc2ccc(Cl)cc2)cc1. The highest BCUT2D eigenvalue weighted by Gasteiger charge is 2.09. The third-order valence-electron chi connectivity index (χ3n) is 4.36.